The van der Waals surface area contributed by atoms with Crippen molar-refractivity contribution in [2.24, 2.45) is 5.92 Å². The van der Waals surface area contributed by atoms with Gasteiger partial charge in [-0.25, -0.2) is 0 Å². The minimum Gasteiger partial charge on any atom is -0.493 e. The summed E-state index contributed by atoms with van der Waals surface area (Å²) >= 11 is 6.34. The molecule has 0 fully saturated rings. The molecule has 2 aromatic carbocycles. The molecule has 2 rings (SSSR count). The molecule has 0 saturated carbocycles. The summed E-state index contributed by atoms with van der Waals surface area (Å²) in [7, 11) is 1.50. The van der Waals surface area contributed by atoms with E-state index in [9.17, 15) is 9.59 Å². The second-order valence-electron chi connectivity index (χ2n) is 6.91. The van der Waals surface area contributed by atoms with E-state index >= 15 is 0 Å². The summed E-state index contributed by atoms with van der Waals surface area (Å²) in [5.41, 5.74) is 1.30. The van der Waals surface area contributed by atoms with Crippen molar-refractivity contribution in [3.8, 4) is 11.5 Å². The van der Waals surface area contributed by atoms with Crippen molar-refractivity contribution in [1.29, 1.82) is 0 Å². The molecule has 0 aromatic heterocycles. The molecule has 0 radical (unpaired) electrons. The average Bonchev–Trinajstić information content (AvgIpc) is 2.69. The minimum atomic E-state index is -0.369. The van der Waals surface area contributed by atoms with Gasteiger partial charge in [0.15, 0.2) is 11.5 Å². The molecule has 0 spiro atoms. The molecule has 2 N–H and O–H groups in total. The van der Waals surface area contributed by atoms with Crippen LogP contribution in [0.5, 0.6) is 11.5 Å². The lowest BCUT2D eigenvalue weighted by Crippen LogP contribution is -2.22. The van der Waals surface area contributed by atoms with Crippen molar-refractivity contribution in [2.75, 3.05) is 25.6 Å². The molecule has 6 nitrogen and oxygen atoms in total. The van der Waals surface area contributed by atoms with E-state index in [4.69, 9.17) is 21.1 Å². The first-order valence-corrected chi connectivity index (χ1v) is 9.93. The molecule has 7 heteroatoms. The normalized spacial score (nSPS) is 10.6. The number of carbonyl (C=O) groups excluding carboxylic acids is 2. The molecule has 0 aliphatic rings. The standard InChI is InChI=1S/C22H27ClN2O4/c1-5-24-21(26)15-7-6-8-17(11-15)25-22(27)16-12-18(23)20(19(13-16)28-4)29-10-9-14(2)3/h6-8,11-14H,5,9-10H2,1-4H3,(H,24,26)(H,25,27). The number of carbonyl (C=O) groups is 2. The third-order valence-corrected chi connectivity index (χ3v) is 4.43. The molecule has 0 unspecified atom stereocenters. The fourth-order valence-corrected chi connectivity index (χ4v) is 2.86. The summed E-state index contributed by atoms with van der Waals surface area (Å²) in [4.78, 5) is 24.7. The van der Waals surface area contributed by atoms with Gasteiger partial charge in [0, 0.05) is 23.4 Å². The van der Waals surface area contributed by atoms with E-state index in [-0.39, 0.29) is 11.8 Å². The summed E-state index contributed by atoms with van der Waals surface area (Å²) in [6.07, 6.45) is 0.879. The molecule has 2 amide bonds. The topological polar surface area (TPSA) is 76.7 Å². The number of hydrogen-bond donors (Lipinski definition) is 2. The molecule has 0 bridgehead atoms. The van der Waals surface area contributed by atoms with E-state index in [1.165, 1.54) is 13.2 Å². The molecular weight excluding hydrogens is 392 g/mol. The van der Waals surface area contributed by atoms with Gasteiger partial charge >= 0.3 is 0 Å². The van der Waals surface area contributed by atoms with E-state index in [0.29, 0.717) is 52.4 Å². The Labute approximate surface area is 176 Å². The summed E-state index contributed by atoms with van der Waals surface area (Å²) in [6.45, 7) is 7.09. The molecule has 0 atom stereocenters. The molecule has 0 aliphatic carbocycles. The third-order valence-electron chi connectivity index (χ3n) is 4.15. The Morgan fingerprint density at radius 2 is 1.86 bits per heavy atom. The van der Waals surface area contributed by atoms with Crippen LogP contribution in [0.15, 0.2) is 36.4 Å². The average molecular weight is 419 g/mol. The van der Waals surface area contributed by atoms with Gasteiger partial charge in [-0.15, -0.1) is 0 Å². The molecule has 0 saturated heterocycles. The van der Waals surface area contributed by atoms with Gasteiger partial charge in [-0.1, -0.05) is 31.5 Å². The quantitative estimate of drug-likeness (QED) is 0.614. The van der Waals surface area contributed by atoms with Gasteiger partial charge in [-0.05, 0) is 49.6 Å². The van der Waals surface area contributed by atoms with E-state index < -0.39 is 0 Å². The van der Waals surface area contributed by atoms with Crippen molar-refractivity contribution in [2.45, 2.75) is 27.2 Å². The van der Waals surface area contributed by atoms with Gasteiger partial charge < -0.3 is 20.1 Å². The lowest BCUT2D eigenvalue weighted by molar-refractivity contribution is 0.0954. The largest absolute Gasteiger partial charge is 0.493 e. The van der Waals surface area contributed by atoms with Gasteiger partial charge in [0.2, 0.25) is 0 Å². The fraction of sp³-hybridized carbons (Fsp3) is 0.364. The predicted molar refractivity (Wildman–Crippen MR) is 115 cm³/mol. The second kappa shape index (κ2) is 10.7. The smallest absolute Gasteiger partial charge is 0.255 e. The fourth-order valence-electron chi connectivity index (χ4n) is 2.59. The van der Waals surface area contributed by atoms with Gasteiger partial charge in [0.05, 0.1) is 18.7 Å². The van der Waals surface area contributed by atoms with Crippen LogP contribution in [-0.2, 0) is 0 Å². The zero-order chi connectivity index (χ0) is 21.4. The Kier molecular flexibility index (Phi) is 8.34. The predicted octanol–water partition coefficient (Wildman–Crippen LogP) is 4.78. The Balaban J connectivity index is 2.18. The second-order valence-corrected chi connectivity index (χ2v) is 7.32. The van der Waals surface area contributed by atoms with Crippen molar-refractivity contribution >= 4 is 29.1 Å². The molecule has 2 aromatic rings. The third kappa shape index (κ3) is 6.39. The lowest BCUT2D eigenvalue weighted by Gasteiger charge is -2.15. The van der Waals surface area contributed by atoms with Crippen molar-refractivity contribution in [1.82, 2.24) is 5.32 Å². The number of ether oxygens (including phenoxy) is 2. The van der Waals surface area contributed by atoms with Gasteiger partial charge in [0.1, 0.15) is 0 Å². The highest BCUT2D eigenvalue weighted by molar-refractivity contribution is 6.32. The maximum absolute atomic E-state index is 12.7. The highest BCUT2D eigenvalue weighted by Gasteiger charge is 2.17. The van der Waals surface area contributed by atoms with Crippen LogP contribution >= 0.6 is 11.6 Å². The van der Waals surface area contributed by atoms with Crippen LogP contribution in [-0.4, -0.2) is 32.1 Å². The molecule has 0 aliphatic heterocycles. The summed E-state index contributed by atoms with van der Waals surface area (Å²) in [6, 6.07) is 9.84. The Morgan fingerprint density at radius 3 is 2.52 bits per heavy atom. The van der Waals surface area contributed by atoms with E-state index in [0.717, 1.165) is 6.42 Å². The van der Waals surface area contributed by atoms with Crippen LogP contribution in [0, 0.1) is 5.92 Å². The van der Waals surface area contributed by atoms with E-state index in [2.05, 4.69) is 24.5 Å². The number of amides is 2. The number of anilines is 1. The van der Waals surface area contributed by atoms with Crippen LogP contribution in [0.3, 0.4) is 0 Å². The lowest BCUT2D eigenvalue weighted by atomic mass is 10.1. The maximum atomic E-state index is 12.7. The first kappa shape index (κ1) is 22.6. The number of methoxy groups -OCH3 is 1. The van der Waals surface area contributed by atoms with Crippen LogP contribution < -0.4 is 20.1 Å². The Bertz CT molecular complexity index is 868. The van der Waals surface area contributed by atoms with Crippen molar-refractivity contribution in [3.05, 3.63) is 52.5 Å². The van der Waals surface area contributed by atoms with Crippen molar-refractivity contribution < 1.29 is 19.1 Å². The van der Waals surface area contributed by atoms with Crippen LogP contribution in [0.4, 0.5) is 5.69 Å². The first-order chi connectivity index (χ1) is 13.8. The van der Waals surface area contributed by atoms with E-state index in [1.54, 1.807) is 30.3 Å². The van der Waals surface area contributed by atoms with Crippen LogP contribution in [0.25, 0.3) is 0 Å². The first-order valence-electron chi connectivity index (χ1n) is 9.55. The molecule has 156 valence electrons. The van der Waals surface area contributed by atoms with Gasteiger partial charge in [0.25, 0.3) is 11.8 Å². The highest BCUT2D eigenvalue weighted by atomic mass is 35.5. The summed E-state index contributed by atoms with van der Waals surface area (Å²) in [5, 5.41) is 5.80. The van der Waals surface area contributed by atoms with Crippen LogP contribution in [0.2, 0.25) is 5.02 Å². The number of halogens is 1. The molecule has 0 heterocycles. The summed E-state index contributed by atoms with van der Waals surface area (Å²) in [5.74, 6) is 0.746. The van der Waals surface area contributed by atoms with Crippen molar-refractivity contribution in [3.63, 3.8) is 0 Å². The number of hydrogen-bond acceptors (Lipinski definition) is 4. The highest BCUT2D eigenvalue weighted by Crippen LogP contribution is 2.36. The van der Waals surface area contributed by atoms with Crippen LogP contribution in [0.1, 0.15) is 47.9 Å². The van der Waals surface area contributed by atoms with Gasteiger partial charge in [-0.2, -0.15) is 0 Å². The maximum Gasteiger partial charge on any atom is 0.255 e. The monoisotopic (exact) mass is 418 g/mol. The molecular formula is C22H27ClN2O4. The number of nitrogens with one attached hydrogen (secondary N) is 2. The Morgan fingerprint density at radius 1 is 1.10 bits per heavy atom. The molecule has 29 heavy (non-hydrogen) atoms. The number of rotatable bonds is 9. The Hall–Kier alpha value is -2.73. The SMILES string of the molecule is CCNC(=O)c1cccc(NC(=O)c2cc(Cl)c(OCCC(C)C)c(OC)c2)c1. The minimum absolute atomic E-state index is 0.198. The summed E-state index contributed by atoms with van der Waals surface area (Å²) < 4.78 is 11.1. The van der Waals surface area contributed by atoms with E-state index in [1.807, 2.05) is 6.92 Å². The number of benzene rings is 2. The zero-order valence-corrected chi connectivity index (χ0v) is 17.9. The van der Waals surface area contributed by atoms with Gasteiger partial charge in [-0.3, -0.25) is 9.59 Å². The zero-order valence-electron chi connectivity index (χ0n) is 17.2.